The summed E-state index contributed by atoms with van der Waals surface area (Å²) in [6.45, 7) is 0. The summed E-state index contributed by atoms with van der Waals surface area (Å²) in [5.74, 6) is 0.459. The van der Waals surface area contributed by atoms with Crippen LogP contribution in [-0.4, -0.2) is 21.2 Å². The quantitative estimate of drug-likeness (QED) is 0.342. The molecule has 2 heterocycles. The summed E-state index contributed by atoms with van der Waals surface area (Å²) < 4.78 is 0. The molecule has 0 atom stereocenters. The van der Waals surface area contributed by atoms with Gasteiger partial charge in [-0.1, -0.05) is 60.7 Å². The molecule has 5 nitrogen and oxygen atoms in total. The second-order valence-electron chi connectivity index (χ2n) is 6.60. The van der Waals surface area contributed by atoms with Crippen LogP contribution in [-0.2, 0) is 0 Å². The van der Waals surface area contributed by atoms with Crippen molar-refractivity contribution in [3.05, 3.63) is 96.7 Å². The average molecular weight is 375 g/mol. The van der Waals surface area contributed by atoms with Crippen LogP contribution >= 0.6 is 0 Å². The molecule has 3 aromatic carbocycles. The Morgan fingerprint density at radius 1 is 0.759 bits per heavy atom. The van der Waals surface area contributed by atoms with Crippen molar-refractivity contribution in [2.45, 2.75) is 0 Å². The van der Waals surface area contributed by atoms with Gasteiger partial charge in [0.25, 0.3) is 0 Å². The van der Waals surface area contributed by atoms with Crippen molar-refractivity contribution in [1.82, 2.24) is 15.0 Å². The molecule has 0 aliphatic rings. The van der Waals surface area contributed by atoms with Crippen LogP contribution in [0, 0.1) is 0 Å². The van der Waals surface area contributed by atoms with Gasteiger partial charge in [-0.15, -0.1) is 0 Å². The Morgan fingerprint density at radius 2 is 1.62 bits per heavy atom. The fraction of sp³-hybridized carbons (Fsp3) is 0. The molecular weight excluding hydrogens is 358 g/mol. The third kappa shape index (κ3) is 3.53. The first-order chi connectivity index (χ1) is 14.4. The minimum absolute atomic E-state index is 0.459. The minimum atomic E-state index is 0.459. The highest BCUT2D eigenvalue weighted by Crippen LogP contribution is 2.27. The zero-order chi connectivity index (χ0) is 19.5. The van der Waals surface area contributed by atoms with Crippen molar-refractivity contribution in [1.29, 1.82) is 0 Å². The van der Waals surface area contributed by atoms with Crippen LogP contribution < -0.4 is 5.43 Å². The first-order valence-electron chi connectivity index (χ1n) is 9.33. The summed E-state index contributed by atoms with van der Waals surface area (Å²) in [5, 5.41) is 6.42. The summed E-state index contributed by atoms with van der Waals surface area (Å²) in [6.07, 6.45) is 3.55. The van der Waals surface area contributed by atoms with Gasteiger partial charge in [0.1, 0.15) is 0 Å². The van der Waals surface area contributed by atoms with Crippen LogP contribution in [0.5, 0.6) is 0 Å². The zero-order valence-electron chi connectivity index (χ0n) is 15.5. The molecular formula is C24H17N5. The average Bonchev–Trinajstić information content (AvgIpc) is 2.79. The van der Waals surface area contributed by atoms with E-state index in [0.29, 0.717) is 5.95 Å². The Hall–Kier alpha value is -4.12. The minimum Gasteiger partial charge on any atom is -0.256 e. The fourth-order valence-electron chi connectivity index (χ4n) is 3.28. The third-order valence-corrected chi connectivity index (χ3v) is 4.66. The van der Waals surface area contributed by atoms with Crippen LogP contribution in [0.2, 0.25) is 0 Å². The summed E-state index contributed by atoms with van der Waals surface area (Å²) in [6, 6.07) is 28.1. The van der Waals surface area contributed by atoms with E-state index in [2.05, 4.69) is 20.5 Å². The predicted molar refractivity (Wildman–Crippen MR) is 118 cm³/mol. The number of aromatic nitrogens is 3. The number of fused-ring (bicyclic) bond motifs is 2. The number of anilines is 1. The first-order valence-corrected chi connectivity index (χ1v) is 9.33. The Labute approximate surface area is 167 Å². The van der Waals surface area contributed by atoms with Crippen molar-refractivity contribution in [3.63, 3.8) is 0 Å². The fourth-order valence-corrected chi connectivity index (χ4v) is 3.28. The smallest absolute Gasteiger partial charge is 0.244 e. The molecule has 0 bridgehead atoms. The van der Waals surface area contributed by atoms with Crippen LogP contribution in [0.1, 0.15) is 5.56 Å². The largest absolute Gasteiger partial charge is 0.256 e. The molecule has 0 spiro atoms. The van der Waals surface area contributed by atoms with Crippen molar-refractivity contribution in [3.8, 4) is 11.3 Å². The second kappa shape index (κ2) is 7.48. The number of pyridine rings is 1. The van der Waals surface area contributed by atoms with Gasteiger partial charge in [0.2, 0.25) is 5.95 Å². The van der Waals surface area contributed by atoms with E-state index < -0.39 is 0 Å². The standard InChI is InChI=1S/C24H17N5/c1-2-7-18(8-3-1)23-20-10-4-5-11-22(20)27-24(28-23)29-26-16-17-12-13-21-19(15-17)9-6-14-25-21/h1-16H,(H,27,28,29)/b26-16+. The van der Waals surface area contributed by atoms with Gasteiger partial charge >= 0.3 is 0 Å². The van der Waals surface area contributed by atoms with Gasteiger partial charge in [-0.3, -0.25) is 4.98 Å². The van der Waals surface area contributed by atoms with Gasteiger partial charge in [0, 0.05) is 22.5 Å². The highest BCUT2D eigenvalue weighted by Gasteiger charge is 2.09. The van der Waals surface area contributed by atoms with E-state index in [1.165, 1.54) is 0 Å². The topological polar surface area (TPSA) is 63.1 Å². The Bertz CT molecular complexity index is 1330. The summed E-state index contributed by atoms with van der Waals surface area (Å²) in [4.78, 5) is 13.6. The third-order valence-electron chi connectivity index (χ3n) is 4.66. The first kappa shape index (κ1) is 17.0. The molecule has 0 saturated carbocycles. The van der Waals surface area contributed by atoms with E-state index in [-0.39, 0.29) is 0 Å². The Kier molecular flexibility index (Phi) is 4.39. The van der Waals surface area contributed by atoms with Gasteiger partial charge in [-0.25, -0.2) is 15.4 Å². The number of hydrazone groups is 1. The van der Waals surface area contributed by atoms with Gasteiger partial charge in [-0.05, 0) is 29.8 Å². The SMILES string of the molecule is C(=N\Nc1nc(-c2ccccc2)c2ccccc2n1)/c1ccc2ncccc2c1. The van der Waals surface area contributed by atoms with Crippen molar-refractivity contribution >= 4 is 34.0 Å². The Morgan fingerprint density at radius 3 is 2.55 bits per heavy atom. The molecule has 5 aromatic rings. The van der Waals surface area contributed by atoms with Crippen LogP contribution in [0.3, 0.4) is 0 Å². The number of rotatable bonds is 4. The highest BCUT2D eigenvalue weighted by atomic mass is 15.3. The monoisotopic (exact) mass is 375 g/mol. The lowest BCUT2D eigenvalue weighted by molar-refractivity contribution is 1.16. The van der Waals surface area contributed by atoms with Crippen LogP contribution in [0.15, 0.2) is 96.2 Å². The number of para-hydroxylation sites is 1. The number of hydrogen-bond acceptors (Lipinski definition) is 5. The Balaban J connectivity index is 1.47. The normalized spacial score (nSPS) is 11.3. The molecule has 0 aliphatic heterocycles. The maximum Gasteiger partial charge on any atom is 0.244 e. The molecule has 5 heteroatoms. The van der Waals surface area contributed by atoms with E-state index in [4.69, 9.17) is 4.98 Å². The van der Waals surface area contributed by atoms with Gasteiger partial charge < -0.3 is 0 Å². The lowest BCUT2D eigenvalue weighted by atomic mass is 10.1. The van der Waals surface area contributed by atoms with E-state index in [9.17, 15) is 0 Å². The molecule has 0 aliphatic carbocycles. The molecule has 1 N–H and O–H groups in total. The molecule has 29 heavy (non-hydrogen) atoms. The maximum absolute atomic E-state index is 4.71. The van der Waals surface area contributed by atoms with E-state index >= 15 is 0 Å². The summed E-state index contributed by atoms with van der Waals surface area (Å²) >= 11 is 0. The van der Waals surface area contributed by atoms with Gasteiger partial charge in [0.05, 0.1) is 22.9 Å². The lowest BCUT2D eigenvalue weighted by Gasteiger charge is -2.08. The van der Waals surface area contributed by atoms with Crippen LogP contribution in [0.4, 0.5) is 5.95 Å². The maximum atomic E-state index is 4.71. The molecule has 0 amide bonds. The van der Waals surface area contributed by atoms with Gasteiger partial charge in [0.15, 0.2) is 0 Å². The zero-order valence-corrected chi connectivity index (χ0v) is 15.5. The van der Waals surface area contributed by atoms with E-state index in [1.54, 1.807) is 12.4 Å². The molecule has 0 saturated heterocycles. The molecule has 5 rings (SSSR count). The van der Waals surface area contributed by atoms with E-state index in [1.807, 2.05) is 84.9 Å². The summed E-state index contributed by atoms with van der Waals surface area (Å²) in [7, 11) is 0. The second-order valence-corrected chi connectivity index (χ2v) is 6.60. The summed E-state index contributed by atoms with van der Waals surface area (Å²) in [5.41, 5.74) is 7.70. The number of hydrogen-bond donors (Lipinski definition) is 1. The molecule has 138 valence electrons. The van der Waals surface area contributed by atoms with Crippen molar-refractivity contribution in [2.75, 3.05) is 5.43 Å². The van der Waals surface area contributed by atoms with Crippen LogP contribution in [0.25, 0.3) is 33.1 Å². The lowest BCUT2D eigenvalue weighted by Crippen LogP contribution is -1.99. The highest BCUT2D eigenvalue weighted by molar-refractivity contribution is 5.93. The van der Waals surface area contributed by atoms with Crippen molar-refractivity contribution in [2.24, 2.45) is 5.10 Å². The van der Waals surface area contributed by atoms with Gasteiger partial charge in [-0.2, -0.15) is 5.10 Å². The number of nitrogens with one attached hydrogen (secondary N) is 1. The van der Waals surface area contributed by atoms with Crippen molar-refractivity contribution < 1.29 is 0 Å². The molecule has 0 fully saturated rings. The molecule has 0 unspecified atom stereocenters. The number of benzene rings is 3. The number of nitrogens with zero attached hydrogens (tertiary/aromatic N) is 4. The molecule has 0 radical (unpaired) electrons. The van der Waals surface area contributed by atoms with E-state index in [0.717, 1.165) is 38.6 Å². The predicted octanol–water partition coefficient (Wildman–Crippen LogP) is 5.29. The molecule has 2 aromatic heterocycles.